The highest BCUT2D eigenvalue weighted by Gasteiger charge is 2.51. The lowest BCUT2D eigenvalue weighted by Gasteiger charge is -2.53. The molecule has 20 heavy (non-hydrogen) atoms. The van der Waals surface area contributed by atoms with Gasteiger partial charge in [0.05, 0.1) is 0 Å². The summed E-state index contributed by atoms with van der Waals surface area (Å²) in [6.07, 6.45) is 7.43. The van der Waals surface area contributed by atoms with Crippen LogP contribution in [-0.2, 0) is 9.59 Å². The van der Waals surface area contributed by atoms with Gasteiger partial charge in [-0.25, -0.2) is 4.79 Å². The topological polar surface area (TPSA) is 66.4 Å². The monoisotopic (exact) mass is 279 g/mol. The first-order valence-corrected chi connectivity index (χ1v) is 8.11. The summed E-state index contributed by atoms with van der Waals surface area (Å²) in [7, 11) is 0. The van der Waals surface area contributed by atoms with Gasteiger partial charge in [-0.05, 0) is 62.2 Å². The van der Waals surface area contributed by atoms with Crippen molar-refractivity contribution >= 4 is 11.9 Å². The molecule has 0 saturated heterocycles. The molecule has 0 aromatic carbocycles. The van der Waals surface area contributed by atoms with E-state index in [0.717, 1.165) is 18.3 Å². The molecule has 4 aliphatic carbocycles. The smallest absolute Gasteiger partial charge is 0.326 e. The fourth-order valence-corrected chi connectivity index (χ4v) is 5.17. The molecule has 4 rings (SSSR count). The van der Waals surface area contributed by atoms with Gasteiger partial charge in [0.25, 0.3) is 0 Å². The van der Waals surface area contributed by atoms with Crippen molar-refractivity contribution in [1.29, 1.82) is 0 Å². The van der Waals surface area contributed by atoms with Crippen molar-refractivity contribution in [3.05, 3.63) is 0 Å². The SMILES string of the molecule is CCCC(NC(=O)C1C2CC3CC(C2)CC1C3)C(=O)O. The van der Waals surface area contributed by atoms with E-state index < -0.39 is 12.0 Å². The largest absolute Gasteiger partial charge is 0.480 e. The summed E-state index contributed by atoms with van der Waals surface area (Å²) in [6.45, 7) is 1.95. The molecule has 4 heteroatoms. The molecule has 4 aliphatic rings. The first-order valence-electron chi connectivity index (χ1n) is 8.11. The molecular formula is C16H25NO3. The van der Waals surface area contributed by atoms with Crippen LogP contribution in [0.2, 0.25) is 0 Å². The maximum Gasteiger partial charge on any atom is 0.326 e. The summed E-state index contributed by atoms with van der Waals surface area (Å²) in [5.74, 6) is 1.91. The van der Waals surface area contributed by atoms with Gasteiger partial charge in [-0.15, -0.1) is 0 Å². The number of hydrogen-bond acceptors (Lipinski definition) is 2. The number of carboxylic acid groups (broad SMARTS) is 1. The predicted molar refractivity (Wildman–Crippen MR) is 75.0 cm³/mol. The summed E-state index contributed by atoms with van der Waals surface area (Å²) in [5.41, 5.74) is 0. The van der Waals surface area contributed by atoms with Crippen LogP contribution >= 0.6 is 0 Å². The average Bonchev–Trinajstić information content (AvgIpc) is 2.36. The Morgan fingerprint density at radius 3 is 2.10 bits per heavy atom. The van der Waals surface area contributed by atoms with Gasteiger partial charge in [0, 0.05) is 5.92 Å². The van der Waals surface area contributed by atoms with Crippen LogP contribution in [0.5, 0.6) is 0 Å². The summed E-state index contributed by atoms with van der Waals surface area (Å²) >= 11 is 0. The number of nitrogens with one attached hydrogen (secondary N) is 1. The molecule has 1 atom stereocenters. The Labute approximate surface area is 120 Å². The molecule has 0 spiro atoms. The van der Waals surface area contributed by atoms with Crippen LogP contribution in [-0.4, -0.2) is 23.0 Å². The number of carbonyl (C=O) groups is 2. The van der Waals surface area contributed by atoms with Gasteiger partial charge in [0.2, 0.25) is 5.91 Å². The molecule has 0 heterocycles. The number of aliphatic carboxylic acids is 1. The normalized spacial score (nSPS) is 39.5. The van der Waals surface area contributed by atoms with Gasteiger partial charge in [-0.3, -0.25) is 4.79 Å². The molecule has 4 bridgehead atoms. The lowest BCUT2D eigenvalue weighted by Crippen LogP contribution is -2.53. The average molecular weight is 279 g/mol. The number of hydrogen-bond donors (Lipinski definition) is 2. The van der Waals surface area contributed by atoms with Gasteiger partial charge in [-0.1, -0.05) is 13.3 Å². The Bertz CT molecular complexity index is 379. The quantitative estimate of drug-likeness (QED) is 0.812. The maximum absolute atomic E-state index is 12.5. The molecule has 4 saturated carbocycles. The van der Waals surface area contributed by atoms with E-state index in [0.29, 0.717) is 18.3 Å². The molecular weight excluding hydrogens is 254 g/mol. The minimum absolute atomic E-state index is 0.0136. The Morgan fingerprint density at radius 2 is 1.65 bits per heavy atom. The van der Waals surface area contributed by atoms with E-state index in [1.165, 1.54) is 32.1 Å². The second-order valence-corrected chi connectivity index (χ2v) is 7.14. The molecule has 112 valence electrons. The van der Waals surface area contributed by atoms with Gasteiger partial charge in [0.15, 0.2) is 0 Å². The van der Waals surface area contributed by atoms with Crippen LogP contribution in [0.25, 0.3) is 0 Å². The minimum Gasteiger partial charge on any atom is -0.480 e. The molecule has 4 fully saturated rings. The lowest BCUT2D eigenvalue weighted by molar-refractivity contribution is -0.146. The summed E-state index contributed by atoms with van der Waals surface area (Å²) in [6, 6.07) is -0.704. The van der Waals surface area contributed by atoms with Gasteiger partial charge in [0.1, 0.15) is 6.04 Å². The lowest BCUT2D eigenvalue weighted by atomic mass is 9.51. The van der Waals surface area contributed by atoms with E-state index in [1.807, 2.05) is 6.92 Å². The highest BCUT2D eigenvalue weighted by Crippen LogP contribution is 2.56. The molecule has 0 aromatic heterocycles. The van der Waals surface area contributed by atoms with Crippen molar-refractivity contribution in [3.8, 4) is 0 Å². The highest BCUT2D eigenvalue weighted by molar-refractivity contribution is 5.85. The molecule has 1 amide bonds. The van der Waals surface area contributed by atoms with Crippen LogP contribution < -0.4 is 5.32 Å². The number of rotatable bonds is 5. The number of carbonyl (C=O) groups excluding carboxylic acids is 1. The molecule has 0 aliphatic heterocycles. The summed E-state index contributed by atoms with van der Waals surface area (Å²) in [4.78, 5) is 23.7. The minimum atomic E-state index is -0.899. The van der Waals surface area contributed by atoms with Gasteiger partial charge in [-0.2, -0.15) is 0 Å². The number of amides is 1. The first-order chi connectivity index (χ1) is 9.58. The van der Waals surface area contributed by atoms with Crippen LogP contribution in [0.3, 0.4) is 0 Å². The molecule has 0 radical (unpaired) electrons. The maximum atomic E-state index is 12.5. The third kappa shape index (κ3) is 2.45. The zero-order chi connectivity index (χ0) is 14.3. The summed E-state index contributed by atoms with van der Waals surface area (Å²) < 4.78 is 0. The zero-order valence-corrected chi connectivity index (χ0v) is 12.2. The highest BCUT2D eigenvalue weighted by atomic mass is 16.4. The van der Waals surface area contributed by atoms with Gasteiger partial charge >= 0.3 is 5.97 Å². The Kier molecular flexibility index (Phi) is 3.74. The number of carboxylic acids is 1. The first kappa shape index (κ1) is 13.9. The molecule has 2 N–H and O–H groups in total. The van der Waals surface area contributed by atoms with E-state index in [2.05, 4.69) is 5.32 Å². The third-order valence-electron chi connectivity index (χ3n) is 5.72. The van der Waals surface area contributed by atoms with Crippen LogP contribution in [0.15, 0.2) is 0 Å². The van der Waals surface area contributed by atoms with Crippen LogP contribution in [0, 0.1) is 29.6 Å². The van der Waals surface area contributed by atoms with Gasteiger partial charge < -0.3 is 10.4 Å². The molecule has 0 aromatic rings. The van der Waals surface area contributed by atoms with Crippen molar-refractivity contribution < 1.29 is 14.7 Å². The van der Waals surface area contributed by atoms with Crippen LogP contribution in [0.4, 0.5) is 0 Å². The Hall–Kier alpha value is -1.06. The van der Waals surface area contributed by atoms with Crippen molar-refractivity contribution in [1.82, 2.24) is 5.32 Å². The van der Waals surface area contributed by atoms with E-state index in [1.54, 1.807) is 0 Å². The summed E-state index contributed by atoms with van der Waals surface area (Å²) in [5, 5.41) is 12.0. The fourth-order valence-electron chi connectivity index (χ4n) is 5.17. The Morgan fingerprint density at radius 1 is 1.10 bits per heavy atom. The van der Waals surface area contributed by atoms with Crippen molar-refractivity contribution in [2.45, 2.75) is 57.9 Å². The van der Waals surface area contributed by atoms with E-state index in [4.69, 9.17) is 0 Å². The van der Waals surface area contributed by atoms with Crippen molar-refractivity contribution in [2.75, 3.05) is 0 Å². The molecule has 4 nitrogen and oxygen atoms in total. The van der Waals surface area contributed by atoms with Crippen molar-refractivity contribution in [2.24, 2.45) is 29.6 Å². The second-order valence-electron chi connectivity index (χ2n) is 7.14. The standard InChI is InChI=1S/C16H25NO3/c1-2-3-13(16(19)20)17-15(18)14-11-5-9-4-10(7-11)8-12(14)6-9/h9-14H,2-8H2,1H3,(H,17,18)(H,19,20). The zero-order valence-electron chi connectivity index (χ0n) is 12.2. The van der Waals surface area contributed by atoms with E-state index in [9.17, 15) is 14.7 Å². The second kappa shape index (κ2) is 5.38. The van der Waals surface area contributed by atoms with Crippen LogP contribution in [0.1, 0.15) is 51.9 Å². The Balaban J connectivity index is 1.66. The van der Waals surface area contributed by atoms with E-state index in [-0.39, 0.29) is 11.8 Å². The van der Waals surface area contributed by atoms with E-state index >= 15 is 0 Å². The third-order valence-corrected chi connectivity index (χ3v) is 5.72. The fraction of sp³-hybridized carbons (Fsp3) is 0.875. The predicted octanol–water partition coefficient (Wildman–Crippen LogP) is 2.43. The van der Waals surface area contributed by atoms with Crippen molar-refractivity contribution in [3.63, 3.8) is 0 Å². The molecule has 1 unspecified atom stereocenters.